The fourth-order valence-electron chi connectivity index (χ4n) is 3.10. The molecule has 1 saturated heterocycles. The van der Waals surface area contributed by atoms with Crippen molar-refractivity contribution < 1.29 is 4.79 Å². The molecule has 0 spiro atoms. The van der Waals surface area contributed by atoms with Crippen LogP contribution in [0.2, 0.25) is 0 Å². The molecule has 2 unspecified atom stereocenters. The molecule has 1 aliphatic heterocycles. The molecule has 1 aromatic carbocycles. The maximum absolute atomic E-state index is 11.7. The summed E-state index contributed by atoms with van der Waals surface area (Å²) in [5.74, 6) is 0.173. The first kappa shape index (κ1) is 14.8. The van der Waals surface area contributed by atoms with Crippen LogP contribution >= 0.6 is 22.9 Å². The summed E-state index contributed by atoms with van der Waals surface area (Å²) >= 11 is 7.50. The Morgan fingerprint density at radius 1 is 1.29 bits per heavy atom. The second-order valence-corrected chi connectivity index (χ2v) is 6.74. The van der Waals surface area contributed by atoms with Crippen LogP contribution in [0.1, 0.15) is 23.5 Å². The second-order valence-electron chi connectivity index (χ2n) is 5.58. The van der Waals surface area contributed by atoms with Gasteiger partial charge < -0.3 is 0 Å². The summed E-state index contributed by atoms with van der Waals surface area (Å²) in [7, 11) is 0. The highest BCUT2D eigenvalue weighted by Crippen LogP contribution is 2.35. The van der Waals surface area contributed by atoms with Crippen molar-refractivity contribution in [3.05, 3.63) is 58.3 Å². The fraction of sp³-hybridized carbons (Fsp3) is 0.353. The van der Waals surface area contributed by atoms with Crippen LogP contribution in [0.5, 0.6) is 0 Å². The Hall–Kier alpha value is -1.16. The highest BCUT2D eigenvalue weighted by Gasteiger charge is 2.34. The molecule has 0 N–H and O–H groups in total. The molecule has 0 amide bonds. The maximum Gasteiger partial charge on any atom is 0.225 e. The molecular weight excluding hydrogens is 302 g/mol. The third-order valence-corrected chi connectivity index (χ3v) is 5.19. The lowest BCUT2D eigenvalue weighted by atomic mass is 9.82. The van der Waals surface area contributed by atoms with Gasteiger partial charge in [0.05, 0.1) is 0 Å². The van der Waals surface area contributed by atoms with Crippen molar-refractivity contribution >= 4 is 28.2 Å². The molecule has 0 aliphatic carbocycles. The molecule has 21 heavy (non-hydrogen) atoms. The van der Waals surface area contributed by atoms with Crippen LogP contribution in [-0.4, -0.2) is 23.2 Å². The number of halogens is 1. The first-order valence-corrected chi connectivity index (χ1v) is 8.54. The minimum atomic E-state index is -0.189. The smallest absolute Gasteiger partial charge is 0.225 e. The Kier molecular flexibility index (Phi) is 4.73. The van der Waals surface area contributed by atoms with Gasteiger partial charge >= 0.3 is 0 Å². The van der Waals surface area contributed by atoms with E-state index in [0.29, 0.717) is 0 Å². The number of carbonyl (C=O) groups excluding carboxylic acids is 1. The van der Waals surface area contributed by atoms with Crippen LogP contribution in [0, 0.1) is 5.92 Å². The summed E-state index contributed by atoms with van der Waals surface area (Å²) in [4.78, 5) is 14.1. The second kappa shape index (κ2) is 6.73. The van der Waals surface area contributed by atoms with E-state index >= 15 is 0 Å². The van der Waals surface area contributed by atoms with E-state index in [9.17, 15) is 4.79 Å². The third-order valence-electron chi connectivity index (χ3n) is 4.21. The number of hydrogen-bond acceptors (Lipinski definition) is 3. The number of hydrogen-bond donors (Lipinski definition) is 0. The van der Waals surface area contributed by atoms with Crippen LogP contribution in [0.15, 0.2) is 47.2 Å². The number of nitrogens with zero attached hydrogens (tertiary/aromatic N) is 1. The van der Waals surface area contributed by atoms with Gasteiger partial charge in [-0.15, -0.1) is 0 Å². The molecule has 2 aromatic rings. The van der Waals surface area contributed by atoms with Crippen LogP contribution in [0.25, 0.3) is 0 Å². The SMILES string of the molecule is O=C(Cl)C1CCN(Cc2ccccc2)CC1c1ccsc1. The van der Waals surface area contributed by atoms with Crippen molar-refractivity contribution in [1.82, 2.24) is 4.90 Å². The Morgan fingerprint density at radius 2 is 2.10 bits per heavy atom. The lowest BCUT2D eigenvalue weighted by Gasteiger charge is -2.37. The quantitative estimate of drug-likeness (QED) is 0.790. The van der Waals surface area contributed by atoms with Gasteiger partial charge in [-0.1, -0.05) is 30.3 Å². The molecule has 0 bridgehead atoms. The van der Waals surface area contributed by atoms with E-state index in [-0.39, 0.29) is 17.1 Å². The first-order valence-electron chi connectivity index (χ1n) is 7.22. The van der Waals surface area contributed by atoms with E-state index in [1.807, 2.05) is 6.07 Å². The third kappa shape index (κ3) is 3.54. The molecule has 1 aliphatic rings. The molecular formula is C17H18ClNOS. The molecule has 3 rings (SSSR count). The minimum Gasteiger partial charge on any atom is -0.298 e. The Labute approximate surface area is 134 Å². The van der Waals surface area contributed by atoms with Gasteiger partial charge in [-0.05, 0) is 52.5 Å². The van der Waals surface area contributed by atoms with Gasteiger partial charge in [-0.2, -0.15) is 11.3 Å². The molecule has 2 atom stereocenters. The monoisotopic (exact) mass is 319 g/mol. The average molecular weight is 320 g/mol. The van der Waals surface area contributed by atoms with Crippen LogP contribution < -0.4 is 0 Å². The van der Waals surface area contributed by atoms with Crippen LogP contribution in [-0.2, 0) is 11.3 Å². The van der Waals surface area contributed by atoms with E-state index in [0.717, 1.165) is 26.1 Å². The zero-order valence-electron chi connectivity index (χ0n) is 11.7. The predicted molar refractivity (Wildman–Crippen MR) is 87.7 cm³/mol. The standard InChI is InChI=1S/C17H18ClNOS/c18-17(20)15-6-8-19(10-13-4-2-1-3-5-13)11-16(15)14-7-9-21-12-14/h1-5,7,9,12,15-16H,6,8,10-11H2. The molecule has 2 nitrogen and oxygen atoms in total. The largest absolute Gasteiger partial charge is 0.298 e. The predicted octanol–water partition coefficient (Wildman–Crippen LogP) is 4.12. The summed E-state index contributed by atoms with van der Waals surface area (Å²) in [6, 6.07) is 12.6. The van der Waals surface area contributed by atoms with Gasteiger partial charge in [0.1, 0.15) is 0 Å². The van der Waals surface area contributed by atoms with Crippen molar-refractivity contribution in [1.29, 1.82) is 0 Å². The zero-order valence-corrected chi connectivity index (χ0v) is 13.3. The van der Waals surface area contributed by atoms with Crippen LogP contribution in [0.4, 0.5) is 0 Å². The van der Waals surface area contributed by atoms with E-state index < -0.39 is 0 Å². The number of carbonyl (C=O) groups is 1. The van der Waals surface area contributed by atoms with E-state index in [1.54, 1.807) is 11.3 Å². The maximum atomic E-state index is 11.7. The number of rotatable bonds is 4. The highest BCUT2D eigenvalue weighted by molar-refractivity contribution is 7.08. The topological polar surface area (TPSA) is 20.3 Å². The molecule has 0 saturated carbocycles. The number of benzene rings is 1. The molecule has 1 fully saturated rings. The molecule has 2 heterocycles. The van der Waals surface area contributed by atoms with Gasteiger partial charge in [0.25, 0.3) is 0 Å². The van der Waals surface area contributed by atoms with Gasteiger partial charge in [0.2, 0.25) is 5.24 Å². The Bertz CT molecular complexity index is 584. The lowest BCUT2D eigenvalue weighted by Crippen LogP contribution is -2.40. The Balaban J connectivity index is 1.74. The van der Waals surface area contributed by atoms with Gasteiger partial charge in [-0.25, -0.2) is 0 Å². The summed E-state index contributed by atoms with van der Waals surface area (Å²) in [5, 5.41) is 4.02. The summed E-state index contributed by atoms with van der Waals surface area (Å²) < 4.78 is 0. The van der Waals surface area contributed by atoms with Crippen molar-refractivity contribution in [3.63, 3.8) is 0 Å². The number of thiophene rings is 1. The summed E-state index contributed by atoms with van der Waals surface area (Å²) in [6.45, 7) is 2.76. The highest BCUT2D eigenvalue weighted by atomic mass is 35.5. The minimum absolute atomic E-state index is 0.0479. The van der Waals surface area contributed by atoms with E-state index in [1.165, 1.54) is 11.1 Å². The van der Waals surface area contributed by atoms with Gasteiger partial charge in [0.15, 0.2) is 0 Å². The normalized spacial score (nSPS) is 23.1. The number of piperidine rings is 1. The fourth-order valence-corrected chi connectivity index (χ4v) is 4.09. The van der Waals surface area contributed by atoms with Gasteiger partial charge in [-0.3, -0.25) is 9.69 Å². The molecule has 0 radical (unpaired) electrons. The lowest BCUT2D eigenvalue weighted by molar-refractivity contribution is -0.117. The summed E-state index contributed by atoms with van der Waals surface area (Å²) in [5.41, 5.74) is 2.56. The molecule has 4 heteroatoms. The van der Waals surface area contributed by atoms with Crippen molar-refractivity contribution in [3.8, 4) is 0 Å². The molecule has 1 aromatic heterocycles. The number of likely N-dealkylation sites (tertiary alicyclic amines) is 1. The van der Waals surface area contributed by atoms with Crippen molar-refractivity contribution in [2.24, 2.45) is 5.92 Å². The average Bonchev–Trinajstić information content (AvgIpc) is 3.02. The molecule has 110 valence electrons. The Morgan fingerprint density at radius 3 is 2.76 bits per heavy atom. The summed E-state index contributed by atoms with van der Waals surface area (Å²) in [6.07, 6.45) is 0.843. The van der Waals surface area contributed by atoms with Crippen LogP contribution in [0.3, 0.4) is 0 Å². The van der Waals surface area contributed by atoms with Crippen molar-refractivity contribution in [2.45, 2.75) is 18.9 Å². The van der Waals surface area contributed by atoms with Gasteiger partial charge in [0, 0.05) is 24.9 Å². The first-order chi connectivity index (χ1) is 10.2. The zero-order chi connectivity index (χ0) is 14.7. The van der Waals surface area contributed by atoms with E-state index in [4.69, 9.17) is 11.6 Å². The van der Waals surface area contributed by atoms with Crippen molar-refractivity contribution in [2.75, 3.05) is 13.1 Å². The van der Waals surface area contributed by atoms with E-state index in [2.05, 4.69) is 46.0 Å².